The van der Waals surface area contributed by atoms with Crippen molar-refractivity contribution in [2.24, 2.45) is 0 Å². The molecule has 1 aromatic carbocycles. The van der Waals surface area contributed by atoms with Crippen LogP contribution in [0.15, 0.2) is 29.2 Å². The van der Waals surface area contributed by atoms with Crippen LogP contribution in [0.4, 0.5) is 0 Å². The normalized spacial score (nSPS) is 12.9. The fraction of sp³-hybridized carbons (Fsp3) is 0.400. The Morgan fingerprint density at radius 1 is 1.42 bits per heavy atom. The number of halogens is 1. The van der Waals surface area contributed by atoms with Gasteiger partial charge in [0, 0.05) is 4.90 Å². The first-order valence-corrected chi connectivity index (χ1v) is 5.06. The summed E-state index contributed by atoms with van der Waals surface area (Å²) in [5.41, 5.74) is 1.14. The zero-order valence-corrected chi connectivity index (χ0v) is 8.78. The van der Waals surface area contributed by atoms with Crippen molar-refractivity contribution in [3.63, 3.8) is 0 Å². The first-order valence-electron chi connectivity index (χ1n) is 4.17. The molecule has 0 N–H and O–H groups in total. The molecular formula is C10H13ClS. The Hall–Kier alpha value is -0.140. The first kappa shape index (κ1) is 9.94. The Kier molecular flexibility index (Phi) is 3.96. The predicted molar refractivity (Wildman–Crippen MR) is 57.2 cm³/mol. The highest BCUT2D eigenvalue weighted by molar-refractivity contribution is 7.80. The van der Waals surface area contributed by atoms with Crippen molar-refractivity contribution >= 4 is 24.2 Å². The fourth-order valence-electron chi connectivity index (χ4n) is 1.16. The molecule has 0 radical (unpaired) electrons. The van der Waals surface area contributed by atoms with Gasteiger partial charge < -0.3 is 0 Å². The van der Waals surface area contributed by atoms with Crippen LogP contribution in [0.5, 0.6) is 0 Å². The second-order valence-corrected chi connectivity index (χ2v) is 3.82. The van der Waals surface area contributed by atoms with Crippen LogP contribution in [-0.2, 0) is 0 Å². The van der Waals surface area contributed by atoms with Gasteiger partial charge in [0.05, 0.1) is 5.38 Å². The molecule has 0 saturated carbocycles. The lowest BCUT2D eigenvalue weighted by Crippen LogP contribution is -1.90. The summed E-state index contributed by atoms with van der Waals surface area (Å²) in [4.78, 5) is 0.992. The fourth-order valence-corrected chi connectivity index (χ4v) is 1.96. The lowest BCUT2D eigenvalue weighted by atomic mass is 10.1. The third-order valence-corrected chi connectivity index (χ3v) is 2.68. The first-order chi connectivity index (χ1) is 5.75. The summed E-state index contributed by atoms with van der Waals surface area (Å²) in [6, 6.07) is 7.99. The molecule has 0 aliphatic heterocycles. The molecule has 0 nitrogen and oxygen atoms in total. The highest BCUT2D eigenvalue weighted by atomic mass is 35.5. The molecule has 0 spiro atoms. The highest BCUT2D eigenvalue weighted by Gasteiger charge is 2.08. The summed E-state index contributed by atoms with van der Waals surface area (Å²) >= 11 is 10.5. The molecule has 0 aromatic heterocycles. The van der Waals surface area contributed by atoms with Crippen LogP contribution < -0.4 is 0 Å². The average Bonchev–Trinajstić information content (AvgIpc) is 2.05. The molecule has 0 saturated heterocycles. The van der Waals surface area contributed by atoms with Crippen molar-refractivity contribution in [2.45, 2.75) is 30.0 Å². The van der Waals surface area contributed by atoms with E-state index in [1.165, 1.54) is 0 Å². The molecule has 1 rings (SSSR count). The van der Waals surface area contributed by atoms with E-state index in [0.717, 1.165) is 23.3 Å². The molecule has 12 heavy (non-hydrogen) atoms. The van der Waals surface area contributed by atoms with Gasteiger partial charge in [-0.25, -0.2) is 0 Å². The van der Waals surface area contributed by atoms with Crippen molar-refractivity contribution in [2.75, 3.05) is 0 Å². The largest absolute Gasteiger partial charge is 0.143 e. The molecule has 0 aliphatic rings. The molecular weight excluding hydrogens is 188 g/mol. The van der Waals surface area contributed by atoms with Crippen LogP contribution in [0.2, 0.25) is 0 Å². The number of hydrogen-bond acceptors (Lipinski definition) is 1. The minimum Gasteiger partial charge on any atom is -0.143 e. The molecule has 1 aromatic rings. The molecule has 0 fully saturated rings. The lowest BCUT2D eigenvalue weighted by Gasteiger charge is -2.10. The zero-order chi connectivity index (χ0) is 8.97. The summed E-state index contributed by atoms with van der Waals surface area (Å²) in [5.74, 6) is 0. The monoisotopic (exact) mass is 200 g/mol. The van der Waals surface area contributed by atoms with E-state index in [4.69, 9.17) is 11.6 Å². The number of benzene rings is 1. The van der Waals surface area contributed by atoms with Gasteiger partial charge in [-0.3, -0.25) is 0 Å². The molecule has 66 valence electrons. The van der Waals surface area contributed by atoms with E-state index in [1.54, 1.807) is 0 Å². The van der Waals surface area contributed by atoms with Gasteiger partial charge in [0.1, 0.15) is 0 Å². The Bertz CT molecular complexity index is 247. The van der Waals surface area contributed by atoms with Gasteiger partial charge in [0.15, 0.2) is 0 Å². The summed E-state index contributed by atoms with van der Waals surface area (Å²) < 4.78 is 0. The Morgan fingerprint density at radius 2 is 2.08 bits per heavy atom. The van der Waals surface area contributed by atoms with E-state index in [9.17, 15) is 0 Å². The van der Waals surface area contributed by atoms with Gasteiger partial charge >= 0.3 is 0 Å². The summed E-state index contributed by atoms with van der Waals surface area (Å²) in [6.07, 6.45) is 2.12. The van der Waals surface area contributed by atoms with Gasteiger partial charge in [-0.15, -0.1) is 24.2 Å². The maximum Gasteiger partial charge on any atom is 0.0596 e. The van der Waals surface area contributed by atoms with Crippen LogP contribution in [0.1, 0.15) is 30.7 Å². The second-order valence-electron chi connectivity index (χ2n) is 2.82. The predicted octanol–water partition coefficient (Wildman–Crippen LogP) is 4.06. The van der Waals surface area contributed by atoms with E-state index in [2.05, 4.69) is 19.6 Å². The topological polar surface area (TPSA) is 0 Å². The minimum atomic E-state index is 0.115. The molecule has 2 heteroatoms. The van der Waals surface area contributed by atoms with Gasteiger partial charge in [-0.1, -0.05) is 31.5 Å². The molecule has 0 bridgehead atoms. The molecule has 1 unspecified atom stereocenters. The van der Waals surface area contributed by atoms with Gasteiger partial charge in [-0.2, -0.15) is 0 Å². The molecule has 0 heterocycles. The smallest absolute Gasteiger partial charge is 0.0596 e. The average molecular weight is 201 g/mol. The van der Waals surface area contributed by atoms with E-state index >= 15 is 0 Å². The van der Waals surface area contributed by atoms with Crippen LogP contribution in [0.25, 0.3) is 0 Å². The van der Waals surface area contributed by atoms with Crippen molar-refractivity contribution in [1.29, 1.82) is 0 Å². The Morgan fingerprint density at radius 3 is 2.67 bits per heavy atom. The van der Waals surface area contributed by atoms with Crippen LogP contribution in [0, 0.1) is 0 Å². The summed E-state index contributed by atoms with van der Waals surface area (Å²) in [6.45, 7) is 2.14. The summed E-state index contributed by atoms with van der Waals surface area (Å²) in [7, 11) is 0. The number of hydrogen-bond donors (Lipinski definition) is 1. The quantitative estimate of drug-likeness (QED) is 0.552. The zero-order valence-electron chi connectivity index (χ0n) is 7.13. The van der Waals surface area contributed by atoms with Crippen molar-refractivity contribution in [3.8, 4) is 0 Å². The third kappa shape index (κ3) is 2.43. The SMILES string of the molecule is CCCC(Cl)c1ccccc1S. The van der Waals surface area contributed by atoms with Crippen molar-refractivity contribution in [1.82, 2.24) is 0 Å². The van der Waals surface area contributed by atoms with Crippen LogP contribution >= 0.6 is 24.2 Å². The second kappa shape index (κ2) is 4.78. The molecule has 0 aliphatic carbocycles. The van der Waals surface area contributed by atoms with Gasteiger partial charge in [-0.05, 0) is 18.1 Å². The lowest BCUT2D eigenvalue weighted by molar-refractivity contribution is 0.760. The van der Waals surface area contributed by atoms with E-state index < -0.39 is 0 Å². The van der Waals surface area contributed by atoms with E-state index in [1.807, 2.05) is 24.3 Å². The van der Waals surface area contributed by atoms with Gasteiger partial charge in [0.2, 0.25) is 0 Å². The van der Waals surface area contributed by atoms with E-state index in [0.29, 0.717) is 0 Å². The highest BCUT2D eigenvalue weighted by Crippen LogP contribution is 2.29. The number of thiol groups is 1. The van der Waals surface area contributed by atoms with Crippen LogP contribution in [-0.4, -0.2) is 0 Å². The number of alkyl halides is 1. The Balaban J connectivity index is 2.79. The van der Waals surface area contributed by atoms with Gasteiger partial charge in [0.25, 0.3) is 0 Å². The maximum atomic E-state index is 6.16. The standard InChI is InChI=1S/C10H13ClS/c1-2-5-9(11)8-6-3-4-7-10(8)12/h3-4,6-7,9,12H,2,5H2,1H3. The Labute approximate surface area is 84.3 Å². The molecule has 1 atom stereocenters. The summed E-state index contributed by atoms with van der Waals surface area (Å²) in [5, 5.41) is 0.115. The molecule has 0 amide bonds. The number of rotatable bonds is 3. The maximum absolute atomic E-state index is 6.16. The van der Waals surface area contributed by atoms with Crippen molar-refractivity contribution < 1.29 is 0 Å². The van der Waals surface area contributed by atoms with Crippen LogP contribution in [0.3, 0.4) is 0 Å². The van der Waals surface area contributed by atoms with Crippen molar-refractivity contribution in [3.05, 3.63) is 29.8 Å². The third-order valence-electron chi connectivity index (χ3n) is 1.82. The minimum absolute atomic E-state index is 0.115. The van der Waals surface area contributed by atoms with E-state index in [-0.39, 0.29) is 5.38 Å².